The maximum Gasteiger partial charge on any atom is 0.165 e. The van der Waals surface area contributed by atoms with Crippen molar-refractivity contribution >= 4 is 28.8 Å². The molecule has 2 aromatic carbocycles. The summed E-state index contributed by atoms with van der Waals surface area (Å²) < 4.78 is 14.1. The van der Waals surface area contributed by atoms with Crippen LogP contribution < -0.4 is 0 Å². The zero-order valence-electron chi connectivity index (χ0n) is 10.7. The van der Waals surface area contributed by atoms with Crippen LogP contribution in [-0.4, -0.2) is 11.3 Å². The Morgan fingerprint density at radius 1 is 1.20 bits per heavy atom. The minimum absolute atomic E-state index is 0.0348. The third-order valence-electron chi connectivity index (χ3n) is 3.44. The molecular weight excluding hydrogens is 277 g/mol. The number of hydrogen-bond donors (Lipinski definition) is 1. The lowest BCUT2D eigenvalue weighted by Crippen LogP contribution is -1.87. The number of nitrogens with one attached hydrogen (secondary N) is 1. The normalized spacial score (nSPS) is 10.9. The Bertz CT molecular complexity index is 823. The predicted molar refractivity (Wildman–Crippen MR) is 78.8 cm³/mol. The van der Waals surface area contributed by atoms with Gasteiger partial charge >= 0.3 is 0 Å². The zero-order chi connectivity index (χ0) is 14.3. The average molecular weight is 288 g/mol. The summed E-state index contributed by atoms with van der Waals surface area (Å²) in [5, 5.41) is 0.577. The average Bonchev–Trinajstić information content (AvgIpc) is 2.82. The molecule has 0 saturated carbocycles. The molecule has 100 valence electrons. The monoisotopic (exact) mass is 287 g/mol. The van der Waals surface area contributed by atoms with Crippen LogP contribution >= 0.6 is 11.6 Å². The Balaban J connectivity index is 2.40. The van der Waals surface area contributed by atoms with Crippen molar-refractivity contribution < 1.29 is 9.18 Å². The largest absolute Gasteiger partial charge is 0.351 e. The van der Waals surface area contributed by atoms with Gasteiger partial charge in [0.15, 0.2) is 12.1 Å². The minimum Gasteiger partial charge on any atom is -0.351 e. The Morgan fingerprint density at radius 2 is 1.95 bits per heavy atom. The number of aryl methyl sites for hydroxylation is 1. The summed E-state index contributed by atoms with van der Waals surface area (Å²) in [6.07, 6.45) is 0.744. The summed E-state index contributed by atoms with van der Waals surface area (Å²) in [7, 11) is 0. The zero-order valence-corrected chi connectivity index (χ0v) is 11.5. The number of carbonyl (C=O) groups excluding carboxylic acids is 1. The van der Waals surface area contributed by atoms with Crippen LogP contribution in [0.1, 0.15) is 15.9 Å². The lowest BCUT2D eigenvalue weighted by Gasteiger charge is -2.03. The van der Waals surface area contributed by atoms with Gasteiger partial charge in [0.2, 0.25) is 0 Å². The van der Waals surface area contributed by atoms with Crippen molar-refractivity contribution in [1.29, 1.82) is 0 Å². The molecule has 20 heavy (non-hydrogen) atoms. The first-order valence-corrected chi connectivity index (χ1v) is 6.52. The van der Waals surface area contributed by atoms with Gasteiger partial charge in [0.25, 0.3) is 0 Å². The van der Waals surface area contributed by atoms with Gasteiger partial charge in [-0.1, -0.05) is 41.9 Å². The van der Waals surface area contributed by atoms with E-state index in [1.165, 1.54) is 6.07 Å². The number of H-pyrrole nitrogens is 1. The summed E-state index contributed by atoms with van der Waals surface area (Å²) >= 11 is 5.79. The molecule has 0 radical (unpaired) electrons. The fraction of sp³-hybridized carbons (Fsp3) is 0.0625. The standard InChI is InChI=1S/C16H11ClFNO/c1-9-4-2-3-5-10(9)15-12(8-20)11-6-7-13(17)14(18)16(11)19-15/h2-8,19H,1H3. The number of aldehydes is 1. The maximum atomic E-state index is 14.1. The van der Waals surface area contributed by atoms with E-state index < -0.39 is 5.82 Å². The lowest BCUT2D eigenvalue weighted by molar-refractivity contribution is 0.112. The van der Waals surface area contributed by atoms with E-state index in [1.807, 2.05) is 31.2 Å². The van der Waals surface area contributed by atoms with E-state index in [0.29, 0.717) is 16.6 Å². The second kappa shape index (κ2) is 4.76. The van der Waals surface area contributed by atoms with Crippen LogP contribution in [0.4, 0.5) is 4.39 Å². The first kappa shape index (κ1) is 12.9. The van der Waals surface area contributed by atoms with Crippen molar-refractivity contribution in [3.63, 3.8) is 0 Å². The van der Waals surface area contributed by atoms with E-state index in [-0.39, 0.29) is 10.5 Å². The van der Waals surface area contributed by atoms with E-state index >= 15 is 0 Å². The molecule has 0 unspecified atom stereocenters. The molecule has 3 aromatic rings. The van der Waals surface area contributed by atoms with Crippen LogP contribution in [0.5, 0.6) is 0 Å². The number of halogens is 2. The van der Waals surface area contributed by atoms with Gasteiger partial charge in [-0.05, 0) is 18.6 Å². The molecule has 0 aliphatic carbocycles. The fourth-order valence-electron chi connectivity index (χ4n) is 2.41. The summed E-state index contributed by atoms with van der Waals surface area (Å²) in [5.41, 5.74) is 3.21. The quantitative estimate of drug-likeness (QED) is 0.678. The highest BCUT2D eigenvalue weighted by Crippen LogP contribution is 2.33. The van der Waals surface area contributed by atoms with Crippen LogP contribution in [0.25, 0.3) is 22.2 Å². The Morgan fingerprint density at radius 3 is 2.65 bits per heavy atom. The van der Waals surface area contributed by atoms with Gasteiger partial charge in [0, 0.05) is 16.5 Å². The summed E-state index contributed by atoms with van der Waals surface area (Å²) in [6.45, 7) is 1.94. The molecule has 1 N–H and O–H groups in total. The van der Waals surface area contributed by atoms with Crippen LogP contribution in [0.2, 0.25) is 5.02 Å². The Hall–Kier alpha value is -2.13. The first-order valence-electron chi connectivity index (χ1n) is 6.14. The van der Waals surface area contributed by atoms with Gasteiger partial charge in [-0.3, -0.25) is 4.79 Å². The third-order valence-corrected chi connectivity index (χ3v) is 3.73. The van der Waals surface area contributed by atoms with E-state index in [1.54, 1.807) is 6.07 Å². The molecule has 0 atom stereocenters. The van der Waals surface area contributed by atoms with Gasteiger partial charge in [0.1, 0.15) is 0 Å². The molecule has 0 fully saturated rings. The van der Waals surface area contributed by atoms with E-state index in [0.717, 1.165) is 17.4 Å². The fourth-order valence-corrected chi connectivity index (χ4v) is 2.57. The van der Waals surface area contributed by atoms with Crippen molar-refractivity contribution in [1.82, 2.24) is 4.98 Å². The van der Waals surface area contributed by atoms with Crippen LogP contribution in [0.15, 0.2) is 36.4 Å². The van der Waals surface area contributed by atoms with Crippen molar-refractivity contribution in [2.24, 2.45) is 0 Å². The van der Waals surface area contributed by atoms with Crippen LogP contribution in [0, 0.1) is 12.7 Å². The smallest absolute Gasteiger partial charge is 0.165 e. The molecule has 0 aliphatic rings. The number of fused-ring (bicyclic) bond motifs is 1. The third kappa shape index (κ3) is 1.82. The van der Waals surface area contributed by atoms with Crippen molar-refractivity contribution in [3.8, 4) is 11.3 Å². The summed E-state index contributed by atoms with van der Waals surface area (Å²) in [4.78, 5) is 14.4. The number of rotatable bonds is 2. The molecule has 0 spiro atoms. The highest BCUT2D eigenvalue weighted by atomic mass is 35.5. The van der Waals surface area contributed by atoms with Gasteiger partial charge in [-0.2, -0.15) is 0 Å². The number of aromatic amines is 1. The maximum absolute atomic E-state index is 14.1. The van der Waals surface area contributed by atoms with Crippen molar-refractivity contribution in [2.75, 3.05) is 0 Å². The molecule has 0 aliphatic heterocycles. The summed E-state index contributed by atoms with van der Waals surface area (Å²) in [5.74, 6) is -0.535. The van der Waals surface area contributed by atoms with E-state index in [9.17, 15) is 9.18 Å². The van der Waals surface area contributed by atoms with Gasteiger partial charge in [-0.25, -0.2) is 4.39 Å². The molecule has 1 heterocycles. The number of benzene rings is 2. The van der Waals surface area contributed by atoms with E-state index in [4.69, 9.17) is 11.6 Å². The van der Waals surface area contributed by atoms with Gasteiger partial charge in [0.05, 0.1) is 16.2 Å². The second-order valence-electron chi connectivity index (χ2n) is 4.63. The Kier molecular flexibility index (Phi) is 3.07. The topological polar surface area (TPSA) is 32.9 Å². The molecule has 1 aromatic heterocycles. The minimum atomic E-state index is -0.535. The highest BCUT2D eigenvalue weighted by Gasteiger charge is 2.17. The van der Waals surface area contributed by atoms with Gasteiger partial charge < -0.3 is 4.98 Å². The molecule has 3 rings (SSSR count). The highest BCUT2D eigenvalue weighted by molar-refractivity contribution is 6.31. The predicted octanol–water partition coefficient (Wildman–Crippen LogP) is 4.75. The van der Waals surface area contributed by atoms with Gasteiger partial charge in [-0.15, -0.1) is 0 Å². The molecule has 0 amide bonds. The van der Waals surface area contributed by atoms with Crippen LogP contribution in [-0.2, 0) is 0 Å². The lowest BCUT2D eigenvalue weighted by atomic mass is 10.0. The van der Waals surface area contributed by atoms with E-state index in [2.05, 4.69) is 4.98 Å². The molecule has 2 nitrogen and oxygen atoms in total. The van der Waals surface area contributed by atoms with Crippen molar-refractivity contribution in [3.05, 3.63) is 58.4 Å². The molecule has 0 bridgehead atoms. The number of aromatic nitrogens is 1. The van der Waals surface area contributed by atoms with Crippen LogP contribution in [0.3, 0.4) is 0 Å². The SMILES string of the molecule is Cc1ccccc1-c1[nH]c2c(F)c(Cl)ccc2c1C=O. The van der Waals surface area contributed by atoms with Crippen molar-refractivity contribution in [2.45, 2.75) is 6.92 Å². The summed E-state index contributed by atoms with van der Waals surface area (Å²) in [6, 6.07) is 10.8. The molecular formula is C16H11ClFNO. The molecule has 4 heteroatoms. The number of carbonyl (C=O) groups is 1. The molecule has 0 saturated heterocycles. The first-order chi connectivity index (χ1) is 9.63. The number of hydrogen-bond acceptors (Lipinski definition) is 1. The second-order valence-corrected chi connectivity index (χ2v) is 5.04. The Labute approximate surface area is 120 Å².